The molecule has 0 fully saturated rings. The average Bonchev–Trinajstić information content (AvgIpc) is 3.96. The summed E-state index contributed by atoms with van der Waals surface area (Å²) in [4.78, 5) is 51.9. The number of aryl methyl sites for hydroxylation is 2. The summed E-state index contributed by atoms with van der Waals surface area (Å²) in [6.45, 7) is 13.9. The molecule has 0 aromatic heterocycles. The van der Waals surface area contributed by atoms with Crippen molar-refractivity contribution in [2.45, 2.75) is 96.3 Å². The van der Waals surface area contributed by atoms with Gasteiger partial charge in [0.1, 0.15) is 24.7 Å². The van der Waals surface area contributed by atoms with E-state index in [-0.39, 0.29) is 47.6 Å². The van der Waals surface area contributed by atoms with Crippen molar-refractivity contribution in [3.8, 4) is 17.2 Å². The maximum atomic E-state index is 14.3. The van der Waals surface area contributed by atoms with Gasteiger partial charge in [0.2, 0.25) is 0 Å². The molecule has 5 aromatic carbocycles. The van der Waals surface area contributed by atoms with Gasteiger partial charge < -0.3 is 43.5 Å². The highest BCUT2D eigenvalue weighted by Crippen LogP contribution is 2.43. The van der Waals surface area contributed by atoms with E-state index in [1.165, 1.54) is 5.56 Å². The van der Waals surface area contributed by atoms with E-state index in [9.17, 15) is 14.4 Å². The predicted molar refractivity (Wildman–Crippen MR) is 310 cm³/mol. The molecule has 77 heavy (non-hydrogen) atoms. The Kier molecular flexibility index (Phi) is 19.0. The second-order valence-electron chi connectivity index (χ2n) is 20.7. The summed E-state index contributed by atoms with van der Waals surface area (Å²) in [6, 6.07) is 30.3. The van der Waals surface area contributed by atoms with E-state index in [4.69, 9.17) is 33.4 Å². The average molecular weight is 1080 g/mol. The Balaban J connectivity index is 0.980. The molecule has 408 valence electrons. The zero-order valence-corrected chi connectivity index (χ0v) is 47.0. The van der Waals surface area contributed by atoms with Crippen LogP contribution in [0.5, 0.6) is 17.2 Å². The van der Waals surface area contributed by atoms with E-state index in [1.807, 2.05) is 71.0 Å². The molecule has 16 heteroatoms. The number of methoxy groups -OCH3 is 2. The van der Waals surface area contributed by atoms with Crippen molar-refractivity contribution < 1.29 is 42.8 Å². The molecule has 2 atom stereocenters. The molecule has 2 amide bonds. The van der Waals surface area contributed by atoms with Gasteiger partial charge in [-0.2, -0.15) is 0 Å². The highest BCUT2D eigenvalue weighted by molar-refractivity contribution is 8.77. The number of carbonyl (C=O) groups is 3. The van der Waals surface area contributed by atoms with Crippen LogP contribution in [0.25, 0.3) is 0 Å². The first-order valence-corrected chi connectivity index (χ1v) is 29.3. The predicted octanol–water partition coefficient (Wildman–Crippen LogP) is 10.6. The summed E-state index contributed by atoms with van der Waals surface area (Å²) >= 11 is 0. The van der Waals surface area contributed by atoms with Crippen molar-refractivity contribution in [1.29, 1.82) is 0 Å². The third kappa shape index (κ3) is 13.7. The lowest BCUT2D eigenvalue weighted by molar-refractivity contribution is -0.118. The molecule has 0 bridgehead atoms. The summed E-state index contributed by atoms with van der Waals surface area (Å²) in [6.07, 6.45) is 6.46. The van der Waals surface area contributed by atoms with E-state index in [0.29, 0.717) is 88.3 Å². The number of fused-ring (bicyclic) bond motifs is 8. The lowest BCUT2D eigenvalue weighted by atomic mass is 9.98. The van der Waals surface area contributed by atoms with Gasteiger partial charge >= 0.3 is 0 Å². The van der Waals surface area contributed by atoms with Crippen molar-refractivity contribution in [2.24, 2.45) is 4.99 Å². The number of nitrogens with zero attached hydrogens (tertiary/aromatic N) is 4. The lowest BCUT2D eigenvalue weighted by Crippen LogP contribution is -2.38. The Bertz CT molecular complexity index is 2930. The molecule has 0 aliphatic carbocycles. The molecule has 14 nitrogen and oxygen atoms in total. The van der Waals surface area contributed by atoms with Gasteiger partial charge in [-0.3, -0.25) is 24.3 Å². The standard InChI is InChI=1S/C61H73N5O9S2/c1-7-62-37-50(67)15-12-26-76-77-61(3,4)40-64(20-21-72-24-25-73-23-22-70-5)48-29-42(38-74-56-33-44-18-19-47-31-45-13-8-10-16-54(45)65(47)59(68)51(44)27-41(56)2)28-43(30-48)39-75-58-35-53-52(34-57(58)71-6)60(69)66-49(36-63-53)32-46-14-9-11-17-55(46)66/h8-11,13-14,16-17,27-30,33-36,47,49,62H,7,12,15,18-26,31-32,37-40H2,1-6H3/t47-,49+/m1/s1. The molecule has 4 aliphatic heterocycles. The number of ether oxygens (including phenoxy) is 6. The minimum atomic E-state index is -0.206. The molecule has 9 rings (SSSR count). The van der Waals surface area contributed by atoms with Gasteiger partial charge in [0.05, 0.1) is 64.0 Å². The van der Waals surface area contributed by atoms with Crippen molar-refractivity contribution in [1.82, 2.24) is 5.32 Å². The van der Waals surface area contributed by atoms with Crippen LogP contribution in [0.4, 0.5) is 22.7 Å². The van der Waals surface area contributed by atoms with Crippen molar-refractivity contribution >= 4 is 68.1 Å². The van der Waals surface area contributed by atoms with Crippen LogP contribution in [0.1, 0.15) is 94.1 Å². The Labute approximate surface area is 461 Å². The maximum Gasteiger partial charge on any atom is 0.261 e. The SMILES string of the molecule is CCNCC(=O)CCCSSC(C)(C)CN(CCOCCOCCOC)c1cc(COc2cc3c(cc2C)C(=O)N2c4ccccc4C[C@H]2CC3)cc(COc2cc3c(cc2OC)C(=O)N2c4ccccc4C[C@H]2C=N3)c1. The zero-order chi connectivity index (χ0) is 53.9. The number of anilines is 3. The van der Waals surface area contributed by atoms with Crippen LogP contribution in [0.15, 0.2) is 96.0 Å². The first-order chi connectivity index (χ1) is 37.4. The van der Waals surface area contributed by atoms with Gasteiger partial charge in [0.25, 0.3) is 11.8 Å². The third-order valence-corrected chi connectivity index (χ3v) is 17.8. The summed E-state index contributed by atoms with van der Waals surface area (Å²) in [5.41, 5.74) is 10.7. The fourth-order valence-electron chi connectivity index (χ4n) is 10.6. The van der Waals surface area contributed by atoms with Crippen LogP contribution in [0.2, 0.25) is 0 Å². The Hall–Kier alpha value is -5.88. The molecular formula is C61H73N5O9S2. The fraction of sp³-hybridized carbons (Fsp3) is 0.443. The number of nitrogens with one attached hydrogen (secondary N) is 1. The number of amides is 2. The minimum Gasteiger partial charge on any atom is -0.493 e. The molecule has 0 unspecified atom stereocenters. The third-order valence-electron chi connectivity index (χ3n) is 14.4. The summed E-state index contributed by atoms with van der Waals surface area (Å²) in [5, 5.41) is 3.14. The number of benzene rings is 5. The number of hydrogen-bond donors (Lipinski definition) is 1. The highest BCUT2D eigenvalue weighted by Gasteiger charge is 2.38. The number of likely N-dealkylation sites (N-methyl/N-ethyl adjacent to an activating group) is 1. The van der Waals surface area contributed by atoms with Gasteiger partial charge in [-0.05, 0) is 135 Å². The molecule has 5 aromatic rings. The van der Waals surface area contributed by atoms with Crippen molar-refractivity contribution in [3.63, 3.8) is 0 Å². The van der Waals surface area contributed by atoms with Crippen LogP contribution >= 0.6 is 21.6 Å². The smallest absolute Gasteiger partial charge is 0.261 e. The quantitative estimate of drug-likeness (QED) is 0.0376. The molecule has 4 heterocycles. The summed E-state index contributed by atoms with van der Waals surface area (Å²) < 4.78 is 36.2. The van der Waals surface area contributed by atoms with Crippen molar-refractivity contribution in [3.05, 3.63) is 136 Å². The van der Waals surface area contributed by atoms with Gasteiger partial charge in [0, 0.05) is 84.5 Å². The number of ketones is 1. The molecule has 0 spiro atoms. The Morgan fingerprint density at radius 2 is 1.47 bits per heavy atom. The van der Waals surface area contributed by atoms with Gasteiger partial charge in [-0.15, -0.1) is 0 Å². The first kappa shape index (κ1) is 55.9. The Morgan fingerprint density at radius 1 is 0.779 bits per heavy atom. The molecule has 4 aliphatic rings. The number of para-hydroxylation sites is 2. The number of rotatable bonds is 28. The van der Waals surface area contributed by atoms with E-state index >= 15 is 0 Å². The normalized spacial score (nSPS) is 16.2. The highest BCUT2D eigenvalue weighted by atomic mass is 33.1. The summed E-state index contributed by atoms with van der Waals surface area (Å²) in [7, 11) is 6.88. The second-order valence-corrected chi connectivity index (χ2v) is 23.8. The maximum absolute atomic E-state index is 14.3. The van der Waals surface area contributed by atoms with Crippen LogP contribution in [-0.4, -0.2) is 120 Å². The van der Waals surface area contributed by atoms with Gasteiger partial charge in [-0.1, -0.05) is 64.9 Å². The number of Topliss-reactive ketones (excluding diaryl/α,β-unsaturated/α-hetero) is 1. The van der Waals surface area contributed by atoms with Gasteiger partial charge in [-0.25, -0.2) is 0 Å². The topological polar surface area (TPSA) is 141 Å². The van der Waals surface area contributed by atoms with Crippen LogP contribution < -0.4 is 34.2 Å². The molecule has 1 N–H and O–H groups in total. The largest absolute Gasteiger partial charge is 0.493 e. The minimum absolute atomic E-state index is 0.0484. The first-order valence-electron chi connectivity index (χ1n) is 27.0. The fourth-order valence-corrected chi connectivity index (χ4v) is 13.2. The van der Waals surface area contributed by atoms with E-state index in [2.05, 4.69) is 72.6 Å². The van der Waals surface area contributed by atoms with Crippen LogP contribution in [-0.2, 0) is 51.5 Å². The summed E-state index contributed by atoms with van der Waals surface area (Å²) in [5.74, 6) is 2.67. The van der Waals surface area contributed by atoms with Crippen LogP contribution in [0, 0.1) is 6.92 Å². The number of hydrogen-bond acceptors (Lipinski definition) is 14. The van der Waals surface area contributed by atoms with E-state index in [0.717, 1.165) is 94.2 Å². The van der Waals surface area contributed by atoms with E-state index in [1.54, 1.807) is 37.1 Å². The second kappa shape index (κ2) is 26.2. The molecule has 0 saturated carbocycles. The van der Waals surface area contributed by atoms with Crippen molar-refractivity contribution in [2.75, 3.05) is 93.9 Å². The monoisotopic (exact) mass is 1080 g/mol. The van der Waals surface area contributed by atoms with Crippen LogP contribution in [0.3, 0.4) is 0 Å². The van der Waals surface area contributed by atoms with Gasteiger partial charge in [0.15, 0.2) is 11.5 Å². The molecular weight excluding hydrogens is 1010 g/mol. The molecule has 0 radical (unpaired) electrons. The lowest BCUT2D eigenvalue weighted by Gasteiger charge is -2.34. The van der Waals surface area contributed by atoms with E-state index < -0.39 is 0 Å². The zero-order valence-electron chi connectivity index (χ0n) is 45.4. The number of aliphatic imine (C=N–C) groups is 1. The molecule has 0 saturated heterocycles. The Morgan fingerprint density at radius 3 is 2.21 bits per heavy atom. The number of carbonyl (C=O) groups excluding carboxylic acids is 3.